The highest BCUT2D eigenvalue weighted by Crippen LogP contribution is 2.41. The van der Waals surface area contributed by atoms with E-state index in [1.807, 2.05) is 28.7 Å². The maximum absolute atomic E-state index is 4.87. The highest BCUT2D eigenvalue weighted by atomic mass is 32.1. The fourth-order valence-electron chi connectivity index (χ4n) is 2.97. The van der Waals surface area contributed by atoms with Gasteiger partial charge in [0.25, 0.3) is 0 Å². The number of likely N-dealkylation sites (N-methyl/N-ethyl adjacent to an activating group) is 1. The summed E-state index contributed by atoms with van der Waals surface area (Å²) >= 11 is 3.77. The minimum atomic E-state index is 1.07. The number of fused-ring (bicyclic) bond motifs is 1. The summed E-state index contributed by atoms with van der Waals surface area (Å²) in [4.78, 5) is 11.6. The monoisotopic (exact) mass is 330 g/mol. The molecule has 0 bridgehead atoms. The maximum atomic E-state index is 4.87. The lowest BCUT2D eigenvalue weighted by Crippen LogP contribution is -2.29. The Kier molecular flexibility index (Phi) is 4.62. The zero-order chi connectivity index (χ0) is 15.7. The molecule has 2 nitrogen and oxygen atoms in total. The van der Waals surface area contributed by atoms with E-state index in [-0.39, 0.29) is 0 Å². The molecule has 0 unspecified atom stereocenters. The lowest BCUT2D eigenvalue weighted by molar-refractivity contribution is 0.272. The summed E-state index contributed by atoms with van der Waals surface area (Å²) in [5.41, 5.74) is 4.02. The molecule has 0 radical (unpaired) electrons. The molecule has 0 aromatic carbocycles. The molecule has 3 heterocycles. The molecule has 2 aromatic rings. The third kappa shape index (κ3) is 2.83. The van der Waals surface area contributed by atoms with Crippen molar-refractivity contribution in [2.45, 2.75) is 33.7 Å². The number of thiazole rings is 1. The van der Waals surface area contributed by atoms with Crippen LogP contribution in [-0.2, 0) is 13.0 Å². The van der Waals surface area contributed by atoms with E-state index in [1.165, 1.54) is 31.7 Å². The topological polar surface area (TPSA) is 16.1 Å². The largest absolute Gasteiger partial charge is 0.298 e. The van der Waals surface area contributed by atoms with Gasteiger partial charge in [0.1, 0.15) is 5.01 Å². The molecule has 0 spiro atoms. The number of aromatic nitrogens is 1. The summed E-state index contributed by atoms with van der Waals surface area (Å²) in [5.74, 6) is 0. The fraction of sp³-hybridized carbons (Fsp3) is 0.389. The van der Waals surface area contributed by atoms with Crippen LogP contribution in [0.1, 0.15) is 32.8 Å². The molecular weight excluding hydrogens is 308 g/mol. The van der Waals surface area contributed by atoms with Gasteiger partial charge in [0.15, 0.2) is 0 Å². The lowest BCUT2D eigenvalue weighted by Gasteiger charge is -2.25. The van der Waals surface area contributed by atoms with Gasteiger partial charge in [-0.3, -0.25) is 4.90 Å². The normalized spacial score (nSPS) is 15.4. The van der Waals surface area contributed by atoms with Crippen molar-refractivity contribution in [3.8, 4) is 10.6 Å². The Morgan fingerprint density at radius 1 is 1.27 bits per heavy atom. The summed E-state index contributed by atoms with van der Waals surface area (Å²) in [5, 5.41) is 1.18. The molecule has 0 amide bonds. The van der Waals surface area contributed by atoms with Crippen LogP contribution in [0.25, 0.3) is 16.6 Å². The van der Waals surface area contributed by atoms with Gasteiger partial charge in [-0.05, 0) is 38.5 Å². The fourth-order valence-corrected chi connectivity index (χ4v) is 5.33. The number of hydrogen-bond donors (Lipinski definition) is 0. The molecular formula is C18H22N2S2. The number of thiophene rings is 1. The zero-order valence-corrected chi connectivity index (χ0v) is 15.1. The van der Waals surface area contributed by atoms with Crippen LogP contribution < -0.4 is 0 Å². The number of hydrogen-bond acceptors (Lipinski definition) is 4. The van der Waals surface area contributed by atoms with Gasteiger partial charge in [-0.2, -0.15) is 0 Å². The Hall–Kier alpha value is -1.23. The van der Waals surface area contributed by atoms with E-state index < -0.39 is 0 Å². The summed E-state index contributed by atoms with van der Waals surface area (Å²) < 4.78 is 0. The van der Waals surface area contributed by atoms with E-state index >= 15 is 0 Å². The Bertz CT molecular complexity index is 722. The van der Waals surface area contributed by atoms with Gasteiger partial charge in [-0.25, -0.2) is 4.98 Å². The van der Waals surface area contributed by atoms with E-state index in [1.54, 1.807) is 11.6 Å². The van der Waals surface area contributed by atoms with E-state index in [4.69, 9.17) is 4.98 Å². The first-order valence-electron chi connectivity index (χ1n) is 7.74. The Morgan fingerprint density at radius 2 is 2.09 bits per heavy atom. The minimum Gasteiger partial charge on any atom is -0.298 e. The Labute approximate surface area is 140 Å². The van der Waals surface area contributed by atoms with Crippen molar-refractivity contribution in [3.63, 3.8) is 0 Å². The molecule has 4 heteroatoms. The predicted octanol–water partition coefficient (Wildman–Crippen LogP) is 5.07. The molecule has 1 aliphatic heterocycles. The van der Waals surface area contributed by atoms with Gasteiger partial charge >= 0.3 is 0 Å². The quantitative estimate of drug-likeness (QED) is 0.728. The van der Waals surface area contributed by atoms with E-state index in [9.17, 15) is 0 Å². The standard InChI is InChI=1S/C18H22N2S2/c1-5-7-8-15-12(3)22-18(19-15)17-13(4)21-16-11-20(6-2)10-9-14(16)17/h5,7-8H,1,6,9-11H2,2-4H3/b8-7-. The van der Waals surface area contributed by atoms with Gasteiger partial charge < -0.3 is 0 Å². The molecule has 3 rings (SSSR count). The summed E-state index contributed by atoms with van der Waals surface area (Å²) in [6.07, 6.45) is 6.96. The van der Waals surface area contributed by atoms with Crippen molar-refractivity contribution in [1.82, 2.24) is 9.88 Å². The maximum Gasteiger partial charge on any atom is 0.125 e. The first-order chi connectivity index (χ1) is 10.6. The van der Waals surface area contributed by atoms with Crippen LogP contribution in [0.3, 0.4) is 0 Å². The molecule has 0 aliphatic carbocycles. The average molecular weight is 331 g/mol. The molecule has 1 aliphatic rings. The van der Waals surface area contributed by atoms with Crippen molar-refractivity contribution >= 4 is 28.7 Å². The van der Waals surface area contributed by atoms with Crippen molar-refractivity contribution in [1.29, 1.82) is 0 Å². The van der Waals surface area contributed by atoms with Gasteiger partial charge in [-0.1, -0.05) is 25.7 Å². The van der Waals surface area contributed by atoms with Crippen LogP contribution in [0.4, 0.5) is 0 Å². The van der Waals surface area contributed by atoms with Gasteiger partial charge in [-0.15, -0.1) is 22.7 Å². The first-order valence-corrected chi connectivity index (χ1v) is 9.37. The van der Waals surface area contributed by atoms with Gasteiger partial charge in [0.05, 0.1) is 5.69 Å². The third-order valence-corrected chi connectivity index (χ3v) is 6.33. The zero-order valence-electron chi connectivity index (χ0n) is 13.5. The average Bonchev–Trinajstić information content (AvgIpc) is 3.03. The molecule has 22 heavy (non-hydrogen) atoms. The second-order valence-electron chi connectivity index (χ2n) is 5.61. The summed E-state index contributed by atoms with van der Waals surface area (Å²) in [6.45, 7) is 13.8. The number of aryl methyl sites for hydroxylation is 2. The van der Waals surface area contributed by atoms with Crippen LogP contribution in [-0.4, -0.2) is 23.0 Å². The van der Waals surface area contributed by atoms with Crippen LogP contribution in [0, 0.1) is 13.8 Å². The minimum absolute atomic E-state index is 1.07. The Morgan fingerprint density at radius 3 is 2.82 bits per heavy atom. The van der Waals surface area contributed by atoms with E-state index in [0.717, 1.165) is 25.2 Å². The number of nitrogens with zero attached hydrogens (tertiary/aromatic N) is 2. The molecule has 0 N–H and O–H groups in total. The Balaban J connectivity index is 2.01. The second kappa shape index (κ2) is 6.49. The molecule has 0 atom stereocenters. The van der Waals surface area contributed by atoms with Gasteiger partial charge in [0.2, 0.25) is 0 Å². The van der Waals surface area contributed by atoms with Crippen LogP contribution in [0.5, 0.6) is 0 Å². The lowest BCUT2D eigenvalue weighted by atomic mass is 10.0. The van der Waals surface area contributed by atoms with Crippen molar-refractivity contribution in [2.24, 2.45) is 0 Å². The smallest absolute Gasteiger partial charge is 0.125 e. The molecule has 0 saturated carbocycles. The van der Waals surface area contributed by atoms with Crippen molar-refractivity contribution < 1.29 is 0 Å². The predicted molar refractivity (Wildman–Crippen MR) is 98.8 cm³/mol. The van der Waals surface area contributed by atoms with Crippen LogP contribution in [0.2, 0.25) is 0 Å². The van der Waals surface area contributed by atoms with E-state index in [0.29, 0.717) is 0 Å². The van der Waals surface area contributed by atoms with Gasteiger partial charge in [0, 0.05) is 33.3 Å². The number of rotatable bonds is 4. The number of allylic oxidation sites excluding steroid dienone is 2. The first kappa shape index (κ1) is 15.7. The highest BCUT2D eigenvalue weighted by molar-refractivity contribution is 7.16. The SMILES string of the molecule is C=C/C=C\c1nc(-c2c(C)sc3c2CCN(CC)C3)sc1C. The van der Waals surface area contributed by atoms with Crippen LogP contribution in [0.15, 0.2) is 18.7 Å². The second-order valence-corrected chi connectivity index (χ2v) is 8.12. The third-order valence-electron chi connectivity index (χ3n) is 4.20. The molecule has 0 fully saturated rings. The molecule has 0 saturated heterocycles. The van der Waals surface area contributed by atoms with E-state index in [2.05, 4.69) is 38.3 Å². The molecule has 116 valence electrons. The van der Waals surface area contributed by atoms with Crippen molar-refractivity contribution in [3.05, 3.63) is 44.6 Å². The summed E-state index contributed by atoms with van der Waals surface area (Å²) in [6, 6.07) is 0. The van der Waals surface area contributed by atoms with Crippen molar-refractivity contribution in [2.75, 3.05) is 13.1 Å². The highest BCUT2D eigenvalue weighted by Gasteiger charge is 2.24. The van der Waals surface area contributed by atoms with Crippen LogP contribution >= 0.6 is 22.7 Å². The molecule has 2 aromatic heterocycles. The summed E-state index contributed by atoms with van der Waals surface area (Å²) in [7, 11) is 0.